The summed E-state index contributed by atoms with van der Waals surface area (Å²) in [6, 6.07) is 0.843. The van der Waals surface area contributed by atoms with Crippen molar-refractivity contribution in [3.05, 3.63) is 0 Å². The van der Waals surface area contributed by atoms with Crippen LogP contribution in [0.4, 0.5) is 0 Å². The molecular weight excluding hydrogens is 122 g/mol. The third-order valence-corrected chi connectivity index (χ3v) is 1.78. The number of nitrogens with one attached hydrogen (secondary N) is 1. The SMILES string of the molecule is CNC1CC(C)C1.Cl. The molecule has 0 saturated heterocycles. The largest absolute Gasteiger partial charge is 0.317 e. The lowest BCUT2D eigenvalue weighted by Gasteiger charge is -2.31. The number of rotatable bonds is 1. The van der Waals surface area contributed by atoms with Crippen molar-refractivity contribution in [2.24, 2.45) is 5.92 Å². The van der Waals surface area contributed by atoms with Gasteiger partial charge in [-0.2, -0.15) is 0 Å². The molecule has 50 valence electrons. The first-order valence-electron chi connectivity index (χ1n) is 3.00. The van der Waals surface area contributed by atoms with Gasteiger partial charge in [-0.05, 0) is 25.8 Å². The molecule has 0 unspecified atom stereocenters. The maximum absolute atomic E-state index is 3.23. The summed E-state index contributed by atoms with van der Waals surface area (Å²) in [5.74, 6) is 0.984. The minimum absolute atomic E-state index is 0. The quantitative estimate of drug-likeness (QED) is 0.574. The minimum atomic E-state index is 0. The minimum Gasteiger partial charge on any atom is -0.317 e. The van der Waals surface area contributed by atoms with Crippen LogP contribution in [0.1, 0.15) is 19.8 Å². The zero-order chi connectivity index (χ0) is 5.28. The van der Waals surface area contributed by atoms with Crippen LogP contribution in [0.3, 0.4) is 0 Å². The third-order valence-electron chi connectivity index (χ3n) is 1.78. The summed E-state index contributed by atoms with van der Waals surface area (Å²) in [4.78, 5) is 0. The molecule has 2 heteroatoms. The monoisotopic (exact) mass is 135 g/mol. The molecule has 0 aromatic carbocycles. The molecule has 1 N–H and O–H groups in total. The van der Waals surface area contributed by atoms with E-state index >= 15 is 0 Å². The lowest BCUT2D eigenvalue weighted by atomic mass is 9.82. The van der Waals surface area contributed by atoms with Gasteiger partial charge in [0, 0.05) is 6.04 Å². The van der Waals surface area contributed by atoms with Gasteiger partial charge in [0.05, 0.1) is 0 Å². The first-order valence-corrected chi connectivity index (χ1v) is 3.00. The predicted molar refractivity (Wildman–Crippen MR) is 38.5 cm³/mol. The molecule has 0 amide bonds. The van der Waals surface area contributed by atoms with Crippen molar-refractivity contribution < 1.29 is 0 Å². The predicted octanol–water partition coefficient (Wildman–Crippen LogP) is 1.43. The van der Waals surface area contributed by atoms with Gasteiger partial charge in [-0.3, -0.25) is 0 Å². The van der Waals surface area contributed by atoms with Gasteiger partial charge in [-0.25, -0.2) is 0 Å². The molecule has 0 atom stereocenters. The zero-order valence-electron chi connectivity index (χ0n) is 5.48. The Morgan fingerprint density at radius 2 is 1.88 bits per heavy atom. The normalized spacial score (nSPS) is 35.2. The van der Waals surface area contributed by atoms with Gasteiger partial charge in [-0.15, -0.1) is 12.4 Å². The second kappa shape index (κ2) is 3.31. The van der Waals surface area contributed by atoms with Gasteiger partial charge in [0.25, 0.3) is 0 Å². The molecular formula is C6H14ClN. The highest BCUT2D eigenvalue weighted by molar-refractivity contribution is 5.85. The summed E-state index contributed by atoms with van der Waals surface area (Å²) in [5.41, 5.74) is 0. The Balaban J connectivity index is 0.000000490. The van der Waals surface area contributed by atoms with E-state index in [0.29, 0.717) is 0 Å². The van der Waals surface area contributed by atoms with Gasteiger partial charge < -0.3 is 5.32 Å². The summed E-state index contributed by atoms with van der Waals surface area (Å²) in [5, 5.41) is 3.23. The summed E-state index contributed by atoms with van der Waals surface area (Å²) in [6.45, 7) is 2.30. The molecule has 1 nitrogen and oxygen atoms in total. The zero-order valence-corrected chi connectivity index (χ0v) is 6.29. The number of hydrogen-bond acceptors (Lipinski definition) is 1. The van der Waals surface area contributed by atoms with Crippen LogP contribution in [0.5, 0.6) is 0 Å². The molecule has 0 aliphatic heterocycles. The molecule has 1 fully saturated rings. The van der Waals surface area contributed by atoms with Gasteiger partial charge in [0.1, 0.15) is 0 Å². The fourth-order valence-electron chi connectivity index (χ4n) is 1.14. The van der Waals surface area contributed by atoms with Crippen molar-refractivity contribution in [2.75, 3.05) is 7.05 Å². The molecule has 1 rings (SSSR count). The number of hydrogen-bond donors (Lipinski definition) is 1. The first-order chi connectivity index (χ1) is 3.33. The Bertz CT molecular complexity index is 59.5. The molecule has 1 aliphatic rings. The highest BCUT2D eigenvalue weighted by Gasteiger charge is 2.22. The van der Waals surface area contributed by atoms with Crippen molar-refractivity contribution in [3.63, 3.8) is 0 Å². The Morgan fingerprint density at radius 3 is 2.00 bits per heavy atom. The number of halogens is 1. The van der Waals surface area contributed by atoms with Crippen LogP contribution in [0.2, 0.25) is 0 Å². The molecule has 8 heavy (non-hydrogen) atoms. The molecule has 1 saturated carbocycles. The molecule has 0 bridgehead atoms. The maximum Gasteiger partial charge on any atom is 0.00691 e. The van der Waals surface area contributed by atoms with Crippen molar-refractivity contribution in [3.8, 4) is 0 Å². The van der Waals surface area contributed by atoms with Crippen LogP contribution in [0.15, 0.2) is 0 Å². The lowest BCUT2D eigenvalue weighted by molar-refractivity contribution is 0.254. The summed E-state index contributed by atoms with van der Waals surface area (Å²) >= 11 is 0. The summed E-state index contributed by atoms with van der Waals surface area (Å²) in [7, 11) is 2.04. The van der Waals surface area contributed by atoms with Crippen LogP contribution < -0.4 is 5.32 Å². The molecule has 0 aromatic rings. The van der Waals surface area contributed by atoms with E-state index in [1.807, 2.05) is 7.05 Å². The molecule has 0 aromatic heterocycles. The van der Waals surface area contributed by atoms with Gasteiger partial charge >= 0.3 is 0 Å². The van der Waals surface area contributed by atoms with Crippen molar-refractivity contribution in [1.29, 1.82) is 0 Å². The van der Waals surface area contributed by atoms with E-state index in [4.69, 9.17) is 0 Å². The highest BCUT2D eigenvalue weighted by atomic mass is 35.5. The van der Waals surface area contributed by atoms with E-state index in [1.54, 1.807) is 0 Å². The standard InChI is InChI=1S/C6H13N.ClH/c1-5-3-6(4-5)7-2;/h5-7H,3-4H2,1-2H3;1H. The molecule has 1 aliphatic carbocycles. The molecule has 0 radical (unpaired) electrons. The van der Waals surface area contributed by atoms with E-state index in [1.165, 1.54) is 12.8 Å². The Labute approximate surface area is 57.3 Å². The van der Waals surface area contributed by atoms with Crippen molar-refractivity contribution >= 4 is 12.4 Å². The van der Waals surface area contributed by atoms with E-state index in [2.05, 4.69) is 12.2 Å². The lowest BCUT2D eigenvalue weighted by Crippen LogP contribution is -2.37. The smallest absolute Gasteiger partial charge is 0.00691 e. The summed E-state index contributed by atoms with van der Waals surface area (Å²) in [6.07, 6.45) is 2.77. The Morgan fingerprint density at radius 1 is 1.38 bits per heavy atom. The maximum atomic E-state index is 3.23. The Kier molecular flexibility index (Phi) is 3.41. The average Bonchev–Trinajstić information content (AvgIpc) is 1.58. The van der Waals surface area contributed by atoms with E-state index in [0.717, 1.165) is 12.0 Å². The fourth-order valence-corrected chi connectivity index (χ4v) is 1.14. The average molecular weight is 136 g/mol. The van der Waals surface area contributed by atoms with Crippen LogP contribution in [-0.2, 0) is 0 Å². The second-order valence-corrected chi connectivity index (χ2v) is 2.56. The van der Waals surface area contributed by atoms with E-state index in [9.17, 15) is 0 Å². The summed E-state index contributed by atoms with van der Waals surface area (Å²) < 4.78 is 0. The van der Waals surface area contributed by atoms with Crippen LogP contribution >= 0.6 is 12.4 Å². The topological polar surface area (TPSA) is 12.0 Å². The second-order valence-electron chi connectivity index (χ2n) is 2.56. The van der Waals surface area contributed by atoms with Crippen molar-refractivity contribution in [1.82, 2.24) is 5.32 Å². The van der Waals surface area contributed by atoms with Crippen LogP contribution in [-0.4, -0.2) is 13.1 Å². The Hall–Kier alpha value is 0.250. The van der Waals surface area contributed by atoms with Gasteiger partial charge in [0.15, 0.2) is 0 Å². The third kappa shape index (κ3) is 1.64. The van der Waals surface area contributed by atoms with E-state index < -0.39 is 0 Å². The molecule has 0 heterocycles. The van der Waals surface area contributed by atoms with Gasteiger partial charge in [0.2, 0.25) is 0 Å². The molecule has 0 spiro atoms. The van der Waals surface area contributed by atoms with Crippen LogP contribution in [0, 0.1) is 5.92 Å². The van der Waals surface area contributed by atoms with Crippen LogP contribution in [0.25, 0.3) is 0 Å². The first kappa shape index (κ1) is 8.25. The van der Waals surface area contributed by atoms with Crippen molar-refractivity contribution in [2.45, 2.75) is 25.8 Å². The fraction of sp³-hybridized carbons (Fsp3) is 1.00. The highest BCUT2D eigenvalue weighted by Crippen LogP contribution is 2.25. The van der Waals surface area contributed by atoms with E-state index in [-0.39, 0.29) is 12.4 Å². The van der Waals surface area contributed by atoms with Gasteiger partial charge in [-0.1, -0.05) is 6.92 Å².